The van der Waals surface area contributed by atoms with E-state index in [9.17, 15) is 4.79 Å². The molecule has 1 saturated carbocycles. The lowest BCUT2D eigenvalue weighted by molar-refractivity contribution is 0.0821. The first-order valence-electron chi connectivity index (χ1n) is 6.59. The second-order valence-electron chi connectivity index (χ2n) is 5.12. The van der Waals surface area contributed by atoms with Gasteiger partial charge in [0.2, 0.25) is 0 Å². The standard InChI is InChI=1S/C13H19N5OS/c1-17(2)13(19)10-5-6-12(16-15-10)18(9-3-4-9)8-7-11(14)20/h5-6,9H,3-4,7-8H2,1-2H3,(H2,14,20). The van der Waals surface area contributed by atoms with Gasteiger partial charge in [0.1, 0.15) is 0 Å². The summed E-state index contributed by atoms with van der Waals surface area (Å²) in [6.07, 6.45) is 2.96. The fourth-order valence-corrected chi connectivity index (χ4v) is 2.01. The molecule has 1 aliphatic carbocycles. The second-order valence-corrected chi connectivity index (χ2v) is 5.64. The molecule has 1 heterocycles. The third-order valence-corrected chi connectivity index (χ3v) is 3.36. The van der Waals surface area contributed by atoms with Crippen LogP contribution >= 0.6 is 12.2 Å². The monoisotopic (exact) mass is 293 g/mol. The van der Waals surface area contributed by atoms with Crippen molar-refractivity contribution in [3.05, 3.63) is 17.8 Å². The number of nitrogens with two attached hydrogens (primary N) is 1. The Balaban J connectivity index is 2.10. The van der Waals surface area contributed by atoms with Gasteiger partial charge in [0.15, 0.2) is 11.5 Å². The minimum Gasteiger partial charge on any atom is -0.393 e. The van der Waals surface area contributed by atoms with Crippen LogP contribution in [0.5, 0.6) is 0 Å². The maximum Gasteiger partial charge on any atom is 0.273 e. The van der Waals surface area contributed by atoms with Crippen LogP contribution in [0.4, 0.5) is 5.82 Å². The van der Waals surface area contributed by atoms with Crippen molar-refractivity contribution in [3.63, 3.8) is 0 Å². The fraction of sp³-hybridized carbons (Fsp3) is 0.538. The largest absolute Gasteiger partial charge is 0.393 e. The van der Waals surface area contributed by atoms with Crippen molar-refractivity contribution in [2.45, 2.75) is 25.3 Å². The van der Waals surface area contributed by atoms with E-state index in [1.165, 1.54) is 4.90 Å². The van der Waals surface area contributed by atoms with Gasteiger partial charge in [-0.25, -0.2) is 0 Å². The molecule has 20 heavy (non-hydrogen) atoms. The van der Waals surface area contributed by atoms with Gasteiger partial charge in [-0.2, -0.15) is 0 Å². The summed E-state index contributed by atoms with van der Waals surface area (Å²) in [5.74, 6) is 0.629. The van der Waals surface area contributed by atoms with E-state index in [4.69, 9.17) is 18.0 Å². The predicted octanol–water partition coefficient (Wildman–Crippen LogP) is 0.823. The Hall–Kier alpha value is -1.76. The van der Waals surface area contributed by atoms with Crippen LogP contribution in [-0.2, 0) is 0 Å². The molecule has 1 fully saturated rings. The summed E-state index contributed by atoms with van der Waals surface area (Å²) in [4.78, 5) is 15.9. The number of hydrogen-bond donors (Lipinski definition) is 1. The average Bonchev–Trinajstić information content (AvgIpc) is 3.23. The molecule has 1 amide bonds. The van der Waals surface area contributed by atoms with Crippen LogP contribution in [0.25, 0.3) is 0 Å². The number of carbonyl (C=O) groups excluding carboxylic acids is 1. The van der Waals surface area contributed by atoms with Gasteiger partial charge in [0.05, 0.1) is 4.99 Å². The smallest absolute Gasteiger partial charge is 0.273 e. The van der Waals surface area contributed by atoms with Crippen molar-refractivity contribution in [3.8, 4) is 0 Å². The van der Waals surface area contributed by atoms with Gasteiger partial charge in [0.25, 0.3) is 5.91 Å². The lowest BCUT2D eigenvalue weighted by Crippen LogP contribution is -2.31. The zero-order chi connectivity index (χ0) is 14.7. The molecule has 1 aliphatic rings. The molecule has 0 spiro atoms. The Labute approximate surface area is 123 Å². The molecule has 7 heteroatoms. The minimum atomic E-state index is -0.148. The SMILES string of the molecule is CN(C)C(=O)c1ccc(N(CCC(N)=S)C2CC2)nn1. The second kappa shape index (κ2) is 6.13. The average molecular weight is 293 g/mol. The number of thiocarbonyl (C=S) groups is 1. The van der Waals surface area contributed by atoms with E-state index >= 15 is 0 Å². The molecule has 2 rings (SSSR count). The third kappa shape index (κ3) is 3.63. The Morgan fingerprint density at radius 3 is 2.55 bits per heavy atom. The molecule has 0 radical (unpaired) electrons. The summed E-state index contributed by atoms with van der Waals surface area (Å²) < 4.78 is 0. The van der Waals surface area contributed by atoms with Gasteiger partial charge in [-0.1, -0.05) is 12.2 Å². The molecule has 1 aromatic rings. The number of hydrogen-bond acceptors (Lipinski definition) is 5. The third-order valence-electron chi connectivity index (χ3n) is 3.16. The first kappa shape index (κ1) is 14.6. The molecular weight excluding hydrogens is 274 g/mol. The maximum absolute atomic E-state index is 11.8. The van der Waals surface area contributed by atoms with E-state index in [1.807, 2.05) is 6.07 Å². The van der Waals surface area contributed by atoms with E-state index in [-0.39, 0.29) is 5.91 Å². The maximum atomic E-state index is 11.8. The Morgan fingerprint density at radius 1 is 1.40 bits per heavy atom. The van der Waals surface area contributed by atoms with Crippen molar-refractivity contribution in [1.29, 1.82) is 0 Å². The van der Waals surface area contributed by atoms with Gasteiger partial charge in [-0.05, 0) is 25.0 Å². The van der Waals surface area contributed by atoms with Crippen molar-refractivity contribution in [2.75, 3.05) is 25.5 Å². The highest BCUT2D eigenvalue weighted by Gasteiger charge is 2.30. The molecule has 0 saturated heterocycles. The molecule has 0 atom stereocenters. The number of anilines is 1. The first-order valence-corrected chi connectivity index (χ1v) is 7.00. The normalized spacial score (nSPS) is 13.9. The summed E-state index contributed by atoms with van der Waals surface area (Å²) >= 11 is 4.92. The molecule has 2 N–H and O–H groups in total. The van der Waals surface area contributed by atoms with E-state index in [0.29, 0.717) is 23.1 Å². The highest BCUT2D eigenvalue weighted by atomic mass is 32.1. The Bertz CT molecular complexity index is 498. The topological polar surface area (TPSA) is 75.4 Å². The summed E-state index contributed by atoms with van der Waals surface area (Å²) in [6, 6.07) is 4.04. The van der Waals surface area contributed by atoms with Crippen molar-refractivity contribution < 1.29 is 4.79 Å². The molecule has 0 aliphatic heterocycles. The molecule has 0 bridgehead atoms. The van der Waals surface area contributed by atoms with Gasteiger partial charge in [0, 0.05) is 33.1 Å². The summed E-state index contributed by atoms with van der Waals surface area (Å²) in [7, 11) is 3.38. The number of aromatic nitrogens is 2. The lowest BCUT2D eigenvalue weighted by Gasteiger charge is -2.22. The zero-order valence-corrected chi connectivity index (χ0v) is 12.6. The van der Waals surface area contributed by atoms with E-state index in [1.54, 1.807) is 20.2 Å². The van der Waals surface area contributed by atoms with Gasteiger partial charge >= 0.3 is 0 Å². The van der Waals surface area contributed by atoms with Crippen LogP contribution in [0.2, 0.25) is 0 Å². The Kier molecular flexibility index (Phi) is 4.49. The molecule has 0 aromatic carbocycles. The van der Waals surface area contributed by atoms with Crippen LogP contribution in [-0.4, -0.2) is 52.7 Å². The van der Waals surface area contributed by atoms with E-state index in [2.05, 4.69) is 15.1 Å². The summed E-state index contributed by atoms with van der Waals surface area (Å²) in [5.41, 5.74) is 5.91. The van der Waals surface area contributed by atoms with E-state index < -0.39 is 0 Å². The number of rotatable bonds is 6. The summed E-state index contributed by atoms with van der Waals surface area (Å²) in [6.45, 7) is 0.746. The van der Waals surface area contributed by atoms with E-state index in [0.717, 1.165) is 25.2 Å². The van der Waals surface area contributed by atoms with Crippen LogP contribution in [0.1, 0.15) is 29.8 Å². The van der Waals surface area contributed by atoms with Crippen LogP contribution < -0.4 is 10.6 Å². The molecule has 1 aromatic heterocycles. The number of amides is 1. The van der Waals surface area contributed by atoms with Gasteiger partial charge in [-0.3, -0.25) is 4.79 Å². The fourth-order valence-electron chi connectivity index (χ4n) is 1.92. The van der Waals surface area contributed by atoms with Crippen molar-refractivity contribution in [1.82, 2.24) is 15.1 Å². The highest BCUT2D eigenvalue weighted by molar-refractivity contribution is 7.80. The molecule has 108 valence electrons. The van der Waals surface area contributed by atoms with Crippen molar-refractivity contribution in [2.24, 2.45) is 5.73 Å². The van der Waals surface area contributed by atoms with Gasteiger partial charge < -0.3 is 15.5 Å². The Morgan fingerprint density at radius 2 is 2.10 bits per heavy atom. The minimum absolute atomic E-state index is 0.148. The van der Waals surface area contributed by atoms with Crippen molar-refractivity contribution >= 4 is 28.9 Å². The van der Waals surface area contributed by atoms with Crippen LogP contribution in [0.15, 0.2) is 12.1 Å². The molecular formula is C13H19N5OS. The lowest BCUT2D eigenvalue weighted by atomic mass is 10.3. The highest BCUT2D eigenvalue weighted by Crippen LogP contribution is 2.30. The predicted molar refractivity (Wildman–Crippen MR) is 81.8 cm³/mol. The zero-order valence-electron chi connectivity index (χ0n) is 11.7. The number of carbonyl (C=O) groups is 1. The van der Waals surface area contributed by atoms with Crippen LogP contribution in [0.3, 0.4) is 0 Å². The quantitative estimate of drug-likeness (QED) is 0.783. The molecule has 0 unspecified atom stereocenters. The van der Waals surface area contributed by atoms with Crippen LogP contribution in [0, 0.1) is 0 Å². The summed E-state index contributed by atoms with van der Waals surface area (Å²) in [5, 5.41) is 8.18. The van der Waals surface area contributed by atoms with Gasteiger partial charge in [-0.15, -0.1) is 10.2 Å². The number of nitrogens with zero attached hydrogens (tertiary/aromatic N) is 4. The molecule has 6 nitrogen and oxygen atoms in total. The first-order chi connectivity index (χ1) is 9.49.